The second-order valence-corrected chi connectivity index (χ2v) is 2.59. The van der Waals surface area contributed by atoms with Gasteiger partial charge in [0.25, 0.3) is 0 Å². The van der Waals surface area contributed by atoms with E-state index in [1.165, 1.54) is 0 Å². The molecule has 1 aliphatic heterocycles. The third-order valence-electron chi connectivity index (χ3n) is 1.95. The molecule has 1 N–H and O–H groups in total. The highest BCUT2D eigenvalue weighted by Crippen LogP contribution is 2.15. The van der Waals surface area contributed by atoms with Gasteiger partial charge in [-0.1, -0.05) is 13.8 Å². The molecule has 1 atom stereocenters. The first-order valence-corrected chi connectivity index (χ1v) is 4.64. The van der Waals surface area contributed by atoms with Crippen LogP contribution in [0.5, 0.6) is 0 Å². The lowest BCUT2D eigenvalue weighted by Crippen LogP contribution is -2.26. The summed E-state index contributed by atoms with van der Waals surface area (Å²) >= 11 is 0. The van der Waals surface area contributed by atoms with E-state index in [0.29, 0.717) is 5.92 Å². The largest absolute Gasteiger partial charge is 0.356 e. The zero-order valence-electron chi connectivity index (χ0n) is 8.59. The molecule has 1 saturated heterocycles. The van der Waals surface area contributed by atoms with E-state index in [0.717, 1.165) is 19.5 Å². The lowest BCUT2D eigenvalue weighted by Gasteiger charge is -2.18. The van der Waals surface area contributed by atoms with Crippen LogP contribution in [0.15, 0.2) is 0 Å². The molecule has 1 rings (SSSR count). The molecule has 1 unspecified atom stereocenters. The van der Waals surface area contributed by atoms with Crippen molar-refractivity contribution < 1.29 is 9.47 Å². The van der Waals surface area contributed by atoms with E-state index >= 15 is 0 Å². The summed E-state index contributed by atoms with van der Waals surface area (Å²) in [5, 5.41) is 3.26. The number of methoxy groups -OCH3 is 2. The molecule has 1 fully saturated rings. The fourth-order valence-corrected chi connectivity index (χ4v) is 1.39. The normalized spacial score (nSPS) is 22.2. The van der Waals surface area contributed by atoms with Crippen LogP contribution in [0.1, 0.15) is 20.3 Å². The lowest BCUT2D eigenvalue weighted by atomic mass is 10.1. The van der Waals surface area contributed by atoms with Gasteiger partial charge in [-0.2, -0.15) is 0 Å². The van der Waals surface area contributed by atoms with Crippen LogP contribution in [0.2, 0.25) is 0 Å². The number of rotatable bonds is 3. The molecule has 0 bridgehead atoms. The van der Waals surface area contributed by atoms with E-state index < -0.39 is 0 Å². The van der Waals surface area contributed by atoms with Gasteiger partial charge in [0.2, 0.25) is 0 Å². The van der Waals surface area contributed by atoms with Gasteiger partial charge in [-0.3, -0.25) is 0 Å². The Bertz CT molecular complexity index is 88.5. The maximum Gasteiger partial charge on any atom is 0.160 e. The first-order valence-electron chi connectivity index (χ1n) is 4.64. The van der Waals surface area contributed by atoms with E-state index in [2.05, 4.69) is 5.32 Å². The summed E-state index contributed by atoms with van der Waals surface area (Å²) in [5.41, 5.74) is 0. The molecule has 3 heteroatoms. The number of nitrogens with one attached hydrogen (secondary N) is 1. The number of hydrogen-bond acceptors (Lipinski definition) is 3. The van der Waals surface area contributed by atoms with Gasteiger partial charge in [0.1, 0.15) is 0 Å². The Balaban J connectivity index is 0.000000561. The van der Waals surface area contributed by atoms with Crippen molar-refractivity contribution >= 4 is 0 Å². The molecule has 0 spiro atoms. The van der Waals surface area contributed by atoms with Gasteiger partial charge in [-0.25, -0.2) is 0 Å². The van der Waals surface area contributed by atoms with Gasteiger partial charge >= 0.3 is 0 Å². The van der Waals surface area contributed by atoms with Gasteiger partial charge in [0.15, 0.2) is 6.29 Å². The molecule has 0 amide bonds. The van der Waals surface area contributed by atoms with Crippen molar-refractivity contribution in [3.8, 4) is 0 Å². The standard InChI is InChI=1S/C7H15NO2.C2H6/c1-9-7(10-2)6-3-4-8-5-6;1-2/h6-8H,3-5H2,1-2H3;1-2H3. The third-order valence-corrected chi connectivity index (χ3v) is 1.95. The van der Waals surface area contributed by atoms with Crippen molar-refractivity contribution in [1.29, 1.82) is 0 Å². The maximum atomic E-state index is 5.12. The quantitative estimate of drug-likeness (QED) is 0.655. The van der Waals surface area contributed by atoms with Gasteiger partial charge in [0.05, 0.1) is 0 Å². The summed E-state index contributed by atoms with van der Waals surface area (Å²) in [6, 6.07) is 0. The van der Waals surface area contributed by atoms with Crippen LogP contribution in [0, 0.1) is 5.92 Å². The number of ether oxygens (including phenoxy) is 2. The Morgan fingerprint density at radius 1 is 1.25 bits per heavy atom. The van der Waals surface area contributed by atoms with Crippen LogP contribution < -0.4 is 5.32 Å². The van der Waals surface area contributed by atoms with Crippen molar-refractivity contribution in [2.24, 2.45) is 5.92 Å². The van der Waals surface area contributed by atoms with Crippen LogP contribution in [-0.2, 0) is 9.47 Å². The summed E-state index contributed by atoms with van der Waals surface area (Å²) in [4.78, 5) is 0. The Morgan fingerprint density at radius 3 is 2.17 bits per heavy atom. The van der Waals surface area contributed by atoms with Crippen LogP contribution in [0.25, 0.3) is 0 Å². The van der Waals surface area contributed by atoms with Gasteiger partial charge in [-0.15, -0.1) is 0 Å². The highest BCUT2D eigenvalue weighted by Gasteiger charge is 2.23. The zero-order valence-corrected chi connectivity index (χ0v) is 8.59. The second-order valence-electron chi connectivity index (χ2n) is 2.59. The molecule has 3 nitrogen and oxygen atoms in total. The SMILES string of the molecule is CC.COC(OC)C1CCNC1. The van der Waals surface area contributed by atoms with Crippen molar-refractivity contribution in [1.82, 2.24) is 5.32 Å². The minimum Gasteiger partial charge on any atom is -0.356 e. The van der Waals surface area contributed by atoms with E-state index in [1.807, 2.05) is 13.8 Å². The molecule has 0 aromatic rings. The molecule has 74 valence electrons. The Labute approximate surface area is 75.4 Å². The Morgan fingerprint density at radius 2 is 1.83 bits per heavy atom. The predicted octanol–water partition coefficient (Wildman–Crippen LogP) is 1.24. The molecular formula is C9H21NO2. The molecule has 0 saturated carbocycles. The third kappa shape index (κ3) is 3.52. The van der Waals surface area contributed by atoms with Gasteiger partial charge in [-0.05, 0) is 13.0 Å². The van der Waals surface area contributed by atoms with E-state index in [9.17, 15) is 0 Å². The van der Waals surface area contributed by atoms with E-state index in [-0.39, 0.29) is 6.29 Å². The summed E-state index contributed by atoms with van der Waals surface area (Å²) in [6.07, 6.45) is 1.14. The summed E-state index contributed by atoms with van der Waals surface area (Å²) in [5.74, 6) is 0.537. The molecule has 1 aliphatic rings. The van der Waals surface area contributed by atoms with Crippen LogP contribution in [0.4, 0.5) is 0 Å². The highest BCUT2D eigenvalue weighted by atomic mass is 16.7. The molecule has 0 radical (unpaired) electrons. The van der Waals surface area contributed by atoms with Gasteiger partial charge < -0.3 is 14.8 Å². The van der Waals surface area contributed by atoms with Crippen molar-refractivity contribution in [2.75, 3.05) is 27.3 Å². The minimum atomic E-state index is -0.0185. The van der Waals surface area contributed by atoms with Crippen molar-refractivity contribution in [2.45, 2.75) is 26.6 Å². The molecule has 0 aromatic carbocycles. The summed E-state index contributed by atoms with van der Waals surface area (Å²) in [7, 11) is 3.37. The van der Waals surface area contributed by atoms with Crippen molar-refractivity contribution in [3.05, 3.63) is 0 Å². The van der Waals surface area contributed by atoms with E-state index in [1.54, 1.807) is 14.2 Å². The van der Waals surface area contributed by atoms with Crippen LogP contribution in [0.3, 0.4) is 0 Å². The summed E-state index contributed by atoms with van der Waals surface area (Å²) in [6.45, 7) is 6.11. The second kappa shape index (κ2) is 7.53. The lowest BCUT2D eigenvalue weighted by molar-refractivity contribution is -0.132. The maximum absolute atomic E-state index is 5.12. The predicted molar refractivity (Wildman–Crippen MR) is 50.1 cm³/mol. The minimum absolute atomic E-state index is 0.0185. The van der Waals surface area contributed by atoms with Gasteiger partial charge in [0, 0.05) is 26.7 Å². The van der Waals surface area contributed by atoms with Crippen LogP contribution in [-0.4, -0.2) is 33.6 Å². The van der Waals surface area contributed by atoms with E-state index in [4.69, 9.17) is 9.47 Å². The Kier molecular flexibility index (Phi) is 7.45. The first kappa shape index (κ1) is 11.9. The molecule has 1 heterocycles. The van der Waals surface area contributed by atoms with Crippen LogP contribution >= 0.6 is 0 Å². The molecule has 0 aromatic heterocycles. The molecule has 12 heavy (non-hydrogen) atoms. The fraction of sp³-hybridized carbons (Fsp3) is 1.00. The first-order chi connectivity index (χ1) is 5.88. The smallest absolute Gasteiger partial charge is 0.160 e. The zero-order chi connectivity index (χ0) is 9.40. The average Bonchev–Trinajstić information content (AvgIpc) is 2.64. The number of hydrogen-bond donors (Lipinski definition) is 1. The molecule has 0 aliphatic carbocycles. The van der Waals surface area contributed by atoms with Crippen molar-refractivity contribution in [3.63, 3.8) is 0 Å². The summed E-state index contributed by atoms with van der Waals surface area (Å²) < 4.78 is 10.2. The molecular weight excluding hydrogens is 154 g/mol. The average molecular weight is 175 g/mol. The fourth-order valence-electron chi connectivity index (χ4n) is 1.39. The monoisotopic (exact) mass is 175 g/mol. The highest BCUT2D eigenvalue weighted by molar-refractivity contribution is 4.73. The Hall–Kier alpha value is -0.120. The topological polar surface area (TPSA) is 30.5 Å².